The highest BCUT2D eigenvalue weighted by Crippen LogP contribution is 2.47. The molecule has 0 saturated heterocycles. The summed E-state index contributed by atoms with van der Waals surface area (Å²) in [6, 6.07) is 17.9. The minimum Gasteiger partial charge on any atom is -0.0683 e. The molecule has 352 valence electrons. The lowest BCUT2D eigenvalue weighted by Gasteiger charge is -2.42. The lowest BCUT2D eigenvalue weighted by Crippen LogP contribution is -2.32. The summed E-state index contributed by atoms with van der Waals surface area (Å²) < 4.78 is 0. The Bertz CT molecular complexity index is 1280. The van der Waals surface area contributed by atoms with Crippen LogP contribution in [0, 0.1) is 45.3 Å². The standard InChI is InChI=1S/C14H28.C14H22.C14H28.C14H22.2C2H6/c2*1-13(2,3)11-7-9-12(10-8-11)14(4,5)6;2*1-13(2,3)11-8-7-9-12(10-11)14(4,5)6;2*1-2/h11-12H,7-10H2,1-6H3;7-10H,1-6H3;11-12H,7-10H2,1-6H3;7-10H,1-6H3;2*1-2H3. The fourth-order valence-corrected chi connectivity index (χ4v) is 8.51. The summed E-state index contributed by atoms with van der Waals surface area (Å²) in [6.07, 6.45) is 11.6. The summed E-state index contributed by atoms with van der Waals surface area (Å²) in [4.78, 5) is 0. The molecule has 2 aromatic carbocycles. The zero-order valence-electron chi connectivity index (χ0n) is 46.6. The zero-order chi connectivity index (χ0) is 47.9. The molecule has 0 amide bonds. The Balaban J connectivity index is 0. The van der Waals surface area contributed by atoms with Crippen LogP contribution in [0.25, 0.3) is 0 Å². The van der Waals surface area contributed by atoms with Crippen molar-refractivity contribution in [1.82, 2.24) is 0 Å². The molecule has 2 saturated carbocycles. The third-order valence-corrected chi connectivity index (χ3v) is 13.5. The molecule has 0 aliphatic heterocycles. The average molecular weight is 834 g/mol. The van der Waals surface area contributed by atoms with E-state index in [2.05, 4.69) is 215 Å². The predicted octanol–water partition coefficient (Wildman–Crippen LogP) is 20.4. The van der Waals surface area contributed by atoms with Crippen molar-refractivity contribution in [3.8, 4) is 0 Å². The largest absolute Gasteiger partial charge is 0.0683 e. The molecule has 2 unspecified atom stereocenters. The van der Waals surface area contributed by atoms with Gasteiger partial charge in [0.25, 0.3) is 0 Å². The highest BCUT2D eigenvalue weighted by Gasteiger charge is 2.36. The van der Waals surface area contributed by atoms with Crippen molar-refractivity contribution in [2.24, 2.45) is 45.3 Å². The lowest BCUT2D eigenvalue weighted by molar-refractivity contribution is 0.0830. The first kappa shape index (κ1) is 60.5. The third kappa shape index (κ3) is 23.2. The molecule has 0 radical (unpaired) electrons. The lowest BCUT2D eigenvalue weighted by atomic mass is 9.63. The third-order valence-electron chi connectivity index (χ3n) is 13.5. The number of benzene rings is 2. The van der Waals surface area contributed by atoms with Gasteiger partial charge >= 0.3 is 0 Å². The molecule has 4 rings (SSSR count). The van der Waals surface area contributed by atoms with Crippen LogP contribution < -0.4 is 0 Å². The van der Waals surface area contributed by atoms with Gasteiger partial charge in [-0.15, -0.1) is 0 Å². The van der Waals surface area contributed by atoms with Crippen molar-refractivity contribution in [3.05, 3.63) is 70.8 Å². The normalized spacial score (nSPS) is 20.5. The fourth-order valence-electron chi connectivity index (χ4n) is 8.51. The van der Waals surface area contributed by atoms with Gasteiger partial charge in [0, 0.05) is 0 Å². The SMILES string of the molecule is CC.CC.CC(C)(C)C1CCC(C(C)(C)C)CC1.CC(C)(C)C1CCCC(C(C)(C)C)C1.CC(C)(C)c1ccc(C(C)(C)C)cc1.CC(C)(C)c1cccc(C(C)(C)C)c1. The Labute approximate surface area is 381 Å². The summed E-state index contributed by atoms with van der Waals surface area (Å²) in [5.41, 5.74) is 8.78. The predicted molar refractivity (Wildman–Crippen MR) is 279 cm³/mol. The van der Waals surface area contributed by atoms with E-state index in [1.807, 2.05) is 27.7 Å². The van der Waals surface area contributed by atoms with E-state index in [4.69, 9.17) is 0 Å². The fraction of sp³-hybridized carbons (Fsp3) is 0.800. The molecule has 0 heterocycles. The highest BCUT2D eigenvalue weighted by atomic mass is 14.4. The minimum absolute atomic E-state index is 0.251. The number of hydrogen-bond acceptors (Lipinski definition) is 0. The van der Waals surface area contributed by atoms with Gasteiger partial charge in [-0.05, 0) is 134 Å². The van der Waals surface area contributed by atoms with Crippen LogP contribution in [0.1, 0.15) is 267 Å². The molecule has 60 heavy (non-hydrogen) atoms. The molecule has 2 aromatic rings. The Kier molecular flexibility index (Phi) is 24.7. The summed E-state index contributed by atoms with van der Waals surface area (Å²) in [5.74, 6) is 3.81. The van der Waals surface area contributed by atoms with Crippen LogP contribution in [0.3, 0.4) is 0 Å². The topological polar surface area (TPSA) is 0 Å². The van der Waals surface area contributed by atoms with E-state index in [1.165, 1.54) is 73.6 Å². The van der Waals surface area contributed by atoms with Crippen LogP contribution in [-0.4, -0.2) is 0 Å². The number of rotatable bonds is 0. The van der Waals surface area contributed by atoms with Gasteiger partial charge in [0.2, 0.25) is 0 Å². The van der Waals surface area contributed by atoms with Gasteiger partial charge in [-0.3, -0.25) is 0 Å². The second-order valence-corrected chi connectivity index (χ2v) is 26.7. The molecule has 2 atom stereocenters. The maximum absolute atomic E-state index is 2.41. The van der Waals surface area contributed by atoms with Crippen LogP contribution in [0.4, 0.5) is 0 Å². The summed E-state index contributed by atoms with van der Waals surface area (Å²) >= 11 is 0. The maximum atomic E-state index is 2.41. The van der Waals surface area contributed by atoms with Gasteiger partial charge in [-0.25, -0.2) is 0 Å². The van der Waals surface area contributed by atoms with Gasteiger partial charge in [-0.2, -0.15) is 0 Å². The van der Waals surface area contributed by atoms with E-state index in [1.54, 1.807) is 0 Å². The van der Waals surface area contributed by atoms with Crippen molar-refractivity contribution in [2.75, 3.05) is 0 Å². The molecule has 0 nitrogen and oxygen atoms in total. The van der Waals surface area contributed by atoms with E-state index in [-0.39, 0.29) is 21.7 Å². The molecule has 2 aliphatic carbocycles. The molecule has 2 aliphatic rings. The van der Waals surface area contributed by atoms with Crippen molar-refractivity contribution >= 4 is 0 Å². The second-order valence-electron chi connectivity index (χ2n) is 26.7. The quantitative estimate of drug-likeness (QED) is 0.248. The molecule has 0 heteroatoms. The molecule has 2 fully saturated rings. The van der Waals surface area contributed by atoms with E-state index in [0.717, 1.165) is 23.7 Å². The molecule has 0 bridgehead atoms. The van der Waals surface area contributed by atoms with Gasteiger partial charge in [-0.1, -0.05) is 249 Å². The molecule has 0 spiro atoms. The van der Waals surface area contributed by atoms with Crippen LogP contribution in [0.15, 0.2) is 48.5 Å². The summed E-state index contributed by atoms with van der Waals surface area (Å²) in [7, 11) is 0. The van der Waals surface area contributed by atoms with Crippen molar-refractivity contribution < 1.29 is 0 Å². The first-order chi connectivity index (χ1) is 26.8. The Morgan fingerprint density at radius 2 is 0.533 bits per heavy atom. The summed E-state index contributed by atoms with van der Waals surface area (Å²) in [6.45, 7) is 63.9. The van der Waals surface area contributed by atoms with Crippen molar-refractivity contribution in [2.45, 2.75) is 267 Å². The highest BCUT2D eigenvalue weighted by molar-refractivity contribution is 5.32. The van der Waals surface area contributed by atoms with Crippen molar-refractivity contribution in [1.29, 1.82) is 0 Å². The monoisotopic (exact) mass is 833 g/mol. The Morgan fingerprint density at radius 1 is 0.300 bits per heavy atom. The smallest absolute Gasteiger partial charge is 0.0132 e. The van der Waals surface area contributed by atoms with Crippen molar-refractivity contribution in [3.63, 3.8) is 0 Å². The van der Waals surface area contributed by atoms with E-state index in [0.29, 0.717) is 21.7 Å². The minimum atomic E-state index is 0.251. The molecule has 0 N–H and O–H groups in total. The Hall–Kier alpha value is -1.56. The van der Waals surface area contributed by atoms with Gasteiger partial charge in [0.15, 0.2) is 0 Å². The van der Waals surface area contributed by atoms with Gasteiger partial charge in [0.05, 0.1) is 0 Å². The molecule has 0 aromatic heterocycles. The summed E-state index contributed by atoms with van der Waals surface area (Å²) in [5, 5.41) is 0. The van der Waals surface area contributed by atoms with Crippen LogP contribution in [-0.2, 0) is 21.7 Å². The zero-order valence-corrected chi connectivity index (χ0v) is 46.6. The van der Waals surface area contributed by atoms with Gasteiger partial charge in [0.1, 0.15) is 0 Å². The van der Waals surface area contributed by atoms with Gasteiger partial charge < -0.3 is 0 Å². The Morgan fingerprint density at radius 3 is 0.733 bits per heavy atom. The first-order valence-electron chi connectivity index (χ1n) is 25.1. The van der Waals surface area contributed by atoms with Crippen LogP contribution in [0.2, 0.25) is 0 Å². The van der Waals surface area contributed by atoms with E-state index < -0.39 is 0 Å². The second kappa shape index (κ2) is 24.5. The average Bonchev–Trinajstić information content (AvgIpc) is 3.11. The van der Waals surface area contributed by atoms with Crippen LogP contribution in [0.5, 0.6) is 0 Å². The number of hydrogen-bond donors (Lipinski definition) is 0. The van der Waals surface area contributed by atoms with E-state index in [9.17, 15) is 0 Å². The molecular formula is C60H112. The molecular weight excluding hydrogens is 721 g/mol. The van der Waals surface area contributed by atoms with E-state index >= 15 is 0 Å². The maximum Gasteiger partial charge on any atom is -0.0132 e. The van der Waals surface area contributed by atoms with Crippen LogP contribution >= 0.6 is 0 Å². The first-order valence-corrected chi connectivity index (χ1v) is 25.1.